The summed E-state index contributed by atoms with van der Waals surface area (Å²) in [5, 5.41) is 3.25. The molecule has 0 saturated carbocycles. The molecular formula is C12H15F2NO. The van der Waals surface area contributed by atoms with Crippen LogP contribution in [0.1, 0.15) is 24.3 Å². The zero-order valence-corrected chi connectivity index (χ0v) is 9.22. The Morgan fingerprint density at radius 3 is 2.81 bits per heavy atom. The van der Waals surface area contributed by atoms with Gasteiger partial charge in [0.2, 0.25) is 5.82 Å². The van der Waals surface area contributed by atoms with Gasteiger partial charge in [-0.05, 0) is 25.5 Å². The van der Waals surface area contributed by atoms with Crippen molar-refractivity contribution in [2.45, 2.75) is 18.8 Å². The first-order valence-corrected chi connectivity index (χ1v) is 5.46. The Bertz CT molecular complexity index is 376. The van der Waals surface area contributed by atoms with Gasteiger partial charge in [-0.15, -0.1) is 0 Å². The lowest BCUT2D eigenvalue weighted by Crippen LogP contribution is -2.28. The number of piperidine rings is 1. The van der Waals surface area contributed by atoms with Crippen LogP contribution in [0, 0.1) is 11.6 Å². The maximum atomic E-state index is 13.5. The Morgan fingerprint density at radius 1 is 1.38 bits per heavy atom. The second kappa shape index (κ2) is 4.78. The van der Waals surface area contributed by atoms with Gasteiger partial charge in [-0.25, -0.2) is 4.39 Å². The van der Waals surface area contributed by atoms with Crippen molar-refractivity contribution in [3.8, 4) is 5.75 Å². The highest BCUT2D eigenvalue weighted by molar-refractivity contribution is 5.38. The molecule has 2 rings (SSSR count). The number of halogens is 2. The summed E-state index contributed by atoms with van der Waals surface area (Å²) in [6.45, 7) is 1.78. The Balaban J connectivity index is 2.35. The van der Waals surface area contributed by atoms with E-state index < -0.39 is 11.6 Å². The topological polar surface area (TPSA) is 21.3 Å². The maximum absolute atomic E-state index is 13.5. The largest absolute Gasteiger partial charge is 0.493 e. The van der Waals surface area contributed by atoms with Crippen LogP contribution in [0.2, 0.25) is 0 Å². The second-order valence-corrected chi connectivity index (χ2v) is 4.03. The smallest absolute Gasteiger partial charge is 0.200 e. The molecule has 1 aromatic carbocycles. The Labute approximate surface area is 93.6 Å². The minimum absolute atomic E-state index is 0.0497. The number of ether oxygens (including phenoxy) is 1. The van der Waals surface area contributed by atoms with Crippen LogP contribution in [0.5, 0.6) is 5.75 Å². The number of benzene rings is 1. The standard InChI is InChI=1S/C12H15F2NO/c1-16-12-9(4-5-10(13)11(12)14)8-3-2-6-15-7-8/h4-5,8,15H,2-3,6-7H2,1H3. The van der Waals surface area contributed by atoms with Gasteiger partial charge in [0.25, 0.3) is 0 Å². The monoisotopic (exact) mass is 227 g/mol. The van der Waals surface area contributed by atoms with Crippen LogP contribution < -0.4 is 10.1 Å². The summed E-state index contributed by atoms with van der Waals surface area (Å²) < 4.78 is 31.5. The molecule has 1 atom stereocenters. The fraction of sp³-hybridized carbons (Fsp3) is 0.500. The molecule has 1 saturated heterocycles. The second-order valence-electron chi connectivity index (χ2n) is 4.03. The fourth-order valence-corrected chi connectivity index (χ4v) is 2.19. The quantitative estimate of drug-likeness (QED) is 0.837. The highest BCUT2D eigenvalue weighted by atomic mass is 19.2. The van der Waals surface area contributed by atoms with E-state index in [2.05, 4.69) is 5.32 Å². The van der Waals surface area contributed by atoms with Gasteiger partial charge < -0.3 is 10.1 Å². The summed E-state index contributed by atoms with van der Waals surface area (Å²) in [7, 11) is 1.37. The van der Waals surface area contributed by atoms with Crippen molar-refractivity contribution in [1.82, 2.24) is 5.32 Å². The highest BCUT2D eigenvalue weighted by Crippen LogP contribution is 2.33. The van der Waals surface area contributed by atoms with E-state index in [1.54, 1.807) is 6.07 Å². The zero-order chi connectivity index (χ0) is 11.5. The minimum atomic E-state index is -0.884. The highest BCUT2D eigenvalue weighted by Gasteiger charge is 2.22. The van der Waals surface area contributed by atoms with E-state index in [1.807, 2.05) is 0 Å². The maximum Gasteiger partial charge on any atom is 0.200 e. The average Bonchev–Trinajstić information content (AvgIpc) is 2.33. The van der Waals surface area contributed by atoms with Crippen LogP contribution in [0.15, 0.2) is 12.1 Å². The van der Waals surface area contributed by atoms with Gasteiger partial charge >= 0.3 is 0 Å². The van der Waals surface area contributed by atoms with Crippen molar-refractivity contribution >= 4 is 0 Å². The molecule has 1 aromatic rings. The van der Waals surface area contributed by atoms with Crippen LogP contribution in [0.25, 0.3) is 0 Å². The van der Waals surface area contributed by atoms with Gasteiger partial charge in [0.15, 0.2) is 11.6 Å². The molecule has 0 bridgehead atoms. The summed E-state index contributed by atoms with van der Waals surface area (Å²) in [6, 6.07) is 2.79. The predicted molar refractivity (Wildman–Crippen MR) is 57.8 cm³/mol. The van der Waals surface area contributed by atoms with E-state index in [0.29, 0.717) is 0 Å². The first-order chi connectivity index (χ1) is 7.74. The number of methoxy groups -OCH3 is 1. The molecule has 0 aromatic heterocycles. The van der Waals surface area contributed by atoms with E-state index in [4.69, 9.17) is 4.74 Å². The lowest BCUT2D eigenvalue weighted by molar-refractivity contribution is 0.356. The van der Waals surface area contributed by atoms with Gasteiger partial charge in [0, 0.05) is 18.0 Å². The summed E-state index contributed by atoms with van der Waals surface area (Å²) in [5.41, 5.74) is 0.758. The molecule has 1 heterocycles. The molecule has 1 aliphatic heterocycles. The molecule has 1 N–H and O–H groups in total. The first kappa shape index (κ1) is 11.3. The molecule has 1 aliphatic rings. The van der Waals surface area contributed by atoms with Crippen molar-refractivity contribution in [3.63, 3.8) is 0 Å². The summed E-state index contributed by atoms with van der Waals surface area (Å²) in [4.78, 5) is 0. The van der Waals surface area contributed by atoms with E-state index in [9.17, 15) is 8.78 Å². The van der Waals surface area contributed by atoms with Gasteiger partial charge in [-0.1, -0.05) is 6.07 Å². The normalized spacial score (nSPS) is 20.8. The third kappa shape index (κ3) is 2.02. The lowest BCUT2D eigenvalue weighted by Gasteiger charge is -2.24. The van der Waals surface area contributed by atoms with Gasteiger partial charge in [-0.2, -0.15) is 4.39 Å². The summed E-state index contributed by atoms with van der Waals surface area (Å²) >= 11 is 0. The molecule has 0 radical (unpaired) electrons. The number of nitrogens with one attached hydrogen (secondary N) is 1. The minimum Gasteiger partial charge on any atom is -0.493 e. The van der Waals surface area contributed by atoms with Gasteiger partial charge in [-0.3, -0.25) is 0 Å². The van der Waals surface area contributed by atoms with Crippen molar-refractivity contribution in [1.29, 1.82) is 0 Å². The van der Waals surface area contributed by atoms with Crippen LogP contribution in [-0.4, -0.2) is 20.2 Å². The summed E-state index contributed by atoms with van der Waals surface area (Å²) in [5.74, 6) is -1.48. The van der Waals surface area contributed by atoms with E-state index in [0.717, 1.165) is 31.5 Å². The third-order valence-electron chi connectivity index (χ3n) is 3.02. The molecule has 0 amide bonds. The van der Waals surface area contributed by atoms with Crippen LogP contribution in [0.3, 0.4) is 0 Å². The molecule has 4 heteroatoms. The molecule has 1 unspecified atom stereocenters. The van der Waals surface area contributed by atoms with Crippen LogP contribution in [0.4, 0.5) is 8.78 Å². The van der Waals surface area contributed by atoms with E-state index in [-0.39, 0.29) is 11.7 Å². The van der Waals surface area contributed by atoms with Crippen molar-refractivity contribution in [2.75, 3.05) is 20.2 Å². The number of rotatable bonds is 2. The SMILES string of the molecule is COc1c(C2CCCNC2)ccc(F)c1F. The molecular weight excluding hydrogens is 212 g/mol. The van der Waals surface area contributed by atoms with E-state index >= 15 is 0 Å². The molecule has 0 spiro atoms. The average molecular weight is 227 g/mol. The van der Waals surface area contributed by atoms with Gasteiger partial charge in [0.1, 0.15) is 0 Å². The lowest BCUT2D eigenvalue weighted by atomic mass is 9.91. The first-order valence-electron chi connectivity index (χ1n) is 5.46. The number of hydrogen-bond acceptors (Lipinski definition) is 2. The van der Waals surface area contributed by atoms with Crippen LogP contribution in [-0.2, 0) is 0 Å². The molecule has 0 aliphatic carbocycles. The third-order valence-corrected chi connectivity index (χ3v) is 3.02. The van der Waals surface area contributed by atoms with Crippen molar-refractivity contribution in [3.05, 3.63) is 29.3 Å². The van der Waals surface area contributed by atoms with Crippen LogP contribution >= 0.6 is 0 Å². The molecule has 1 fully saturated rings. The molecule has 16 heavy (non-hydrogen) atoms. The molecule has 2 nitrogen and oxygen atoms in total. The fourth-order valence-electron chi connectivity index (χ4n) is 2.19. The Hall–Kier alpha value is -1.16. The Morgan fingerprint density at radius 2 is 2.19 bits per heavy atom. The van der Waals surface area contributed by atoms with Crippen molar-refractivity contribution < 1.29 is 13.5 Å². The Kier molecular flexibility index (Phi) is 3.39. The number of hydrogen-bond donors (Lipinski definition) is 1. The predicted octanol–water partition coefficient (Wildman–Crippen LogP) is 2.44. The molecule has 88 valence electrons. The van der Waals surface area contributed by atoms with Gasteiger partial charge in [0.05, 0.1) is 7.11 Å². The van der Waals surface area contributed by atoms with Crippen molar-refractivity contribution in [2.24, 2.45) is 0 Å². The van der Waals surface area contributed by atoms with E-state index in [1.165, 1.54) is 13.2 Å². The summed E-state index contributed by atoms with van der Waals surface area (Å²) in [6.07, 6.45) is 2.03. The zero-order valence-electron chi connectivity index (χ0n) is 9.22.